The summed E-state index contributed by atoms with van der Waals surface area (Å²) in [6, 6.07) is 15.1. The summed E-state index contributed by atoms with van der Waals surface area (Å²) < 4.78 is 0. The molecule has 0 saturated carbocycles. The van der Waals surface area contributed by atoms with Gasteiger partial charge in [-0.1, -0.05) is 24.3 Å². The molecule has 60 heavy (non-hydrogen) atoms. The van der Waals surface area contributed by atoms with Gasteiger partial charge in [-0.05, 0) is 102 Å². The van der Waals surface area contributed by atoms with Gasteiger partial charge in [-0.3, -0.25) is 40.4 Å². The zero-order valence-corrected chi connectivity index (χ0v) is 36.6. The maximum atomic E-state index is 13.4. The molecule has 0 aromatic heterocycles. The van der Waals surface area contributed by atoms with Crippen molar-refractivity contribution in [3.63, 3.8) is 0 Å². The maximum absolute atomic E-state index is 13.4. The Bertz CT molecular complexity index is 1910. The lowest BCUT2D eigenvalue weighted by molar-refractivity contribution is 0.239. The molecule has 12 heteroatoms. The van der Waals surface area contributed by atoms with Gasteiger partial charge >= 0.3 is 0 Å². The minimum absolute atomic E-state index is 0.0471. The van der Waals surface area contributed by atoms with Crippen molar-refractivity contribution in [2.45, 2.75) is 53.9 Å². The molecule has 4 aromatic carbocycles. The van der Waals surface area contributed by atoms with Gasteiger partial charge in [0.25, 0.3) is 0 Å². The topological polar surface area (TPSA) is 142 Å². The van der Waals surface area contributed by atoms with E-state index in [1.165, 1.54) is 0 Å². The standard InChI is InChI=1S/C48H60N8O4/c1-33-17-37-25-49-9-10-50-26-38-18-34(2)23-43(46(38)58)31-55(7)15-16-56(8)32-44-24-36(4)20-40(48(44)60)28-52-12-11-51-27-39-19-35(3)22-42(47(39)59)30-54(6)14-13-53(5)29-41(21-33)45(37)57/h17-28H,9-16,29-32H2,1-8H3. The third-order valence-electron chi connectivity index (χ3n) is 10.5. The molecule has 1 heterocycles. The van der Waals surface area contributed by atoms with Crippen molar-refractivity contribution in [2.24, 2.45) is 20.0 Å². The molecule has 1 aliphatic heterocycles. The highest BCUT2D eigenvalue weighted by Crippen LogP contribution is 2.29. The summed E-state index contributed by atoms with van der Waals surface area (Å²) >= 11 is 0. The minimum Gasteiger partial charge on any atom is -0.301 e. The van der Waals surface area contributed by atoms with Crippen molar-refractivity contribution < 1.29 is 20.4 Å². The first-order chi connectivity index (χ1) is 28.7. The van der Waals surface area contributed by atoms with Crippen LogP contribution in [-0.4, -0.2) is 125 Å². The summed E-state index contributed by atoms with van der Waals surface area (Å²) in [7, 11) is 7.95. The number of aliphatic imine (C=N–C) groups is 4. The van der Waals surface area contributed by atoms with Crippen LogP contribution in [0.3, 0.4) is 0 Å². The lowest BCUT2D eigenvalue weighted by atomic mass is 10.0. The smallest absolute Gasteiger partial charge is 0.191 e. The Hall–Kier alpha value is -5.40. The van der Waals surface area contributed by atoms with Crippen LogP contribution in [0.2, 0.25) is 0 Å². The number of likely N-dealkylation sites (N-methyl/N-ethyl adjacent to an activating group) is 4. The predicted molar refractivity (Wildman–Crippen MR) is 240 cm³/mol. The summed E-state index contributed by atoms with van der Waals surface area (Å²) in [5.41, 5.74) is 8.90. The number of hydrogen-bond acceptors (Lipinski definition) is 8. The Morgan fingerprint density at radius 2 is 0.550 bits per heavy atom. The molecule has 0 N–H and O–H groups in total. The van der Waals surface area contributed by atoms with Gasteiger partial charge in [-0.15, -0.1) is 0 Å². The Balaban J connectivity index is 1.35. The number of hydrogen-bond donors (Lipinski definition) is 0. The average Bonchev–Trinajstić information content (AvgIpc) is 3.18. The van der Waals surface area contributed by atoms with Crippen molar-refractivity contribution in [3.05, 3.63) is 115 Å². The van der Waals surface area contributed by atoms with E-state index in [1.807, 2.05) is 104 Å². The van der Waals surface area contributed by atoms with Crippen LogP contribution in [0.25, 0.3) is 0 Å². The van der Waals surface area contributed by atoms with Crippen molar-refractivity contribution in [1.29, 1.82) is 0 Å². The van der Waals surface area contributed by atoms with Crippen LogP contribution in [0, 0.1) is 27.7 Å². The van der Waals surface area contributed by atoms with Gasteiger partial charge in [-0.2, -0.15) is 0 Å². The normalized spacial score (nSPS) is 16.9. The van der Waals surface area contributed by atoms with E-state index in [0.29, 0.717) is 123 Å². The van der Waals surface area contributed by atoms with Crippen LogP contribution in [0.15, 0.2) is 68.5 Å². The Morgan fingerprint density at radius 3 is 0.750 bits per heavy atom. The molecule has 4 aromatic rings. The third-order valence-corrected chi connectivity index (χ3v) is 10.5. The zero-order chi connectivity index (χ0) is 43.3. The maximum Gasteiger partial charge on any atom is 0.191 e. The fourth-order valence-corrected chi connectivity index (χ4v) is 7.41. The van der Waals surface area contributed by atoms with E-state index in [9.17, 15) is 20.4 Å². The van der Waals surface area contributed by atoms with Crippen molar-refractivity contribution >= 4 is 24.9 Å². The molecule has 0 amide bonds. The van der Waals surface area contributed by atoms with Crippen LogP contribution in [0.4, 0.5) is 0 Å². The molecule has 4 radical (unpaired) electrons. The predicted octanol–water partition coefficient (Wildman–Crippen LogP) is 8.01. The molecule has 0 saturated heterocycles. The fraction of sp³-hybridized carbons (Fsp3) is 0.417. The summed E-state index contributed by atoms with van der Waals surface area (Å²) in [6.45, 7) is 14.1. The van der Waals surface area contributed by atoms with Crippen LogP contribution in [0.5, 0.6) is 23.0 Å². The number of aryl methyl sites for hydroxylation is 4. The van der Waals surface area contributed by atoms with E-state index in [4.69, 9.17) is 0 Å². The molecular formula is C48H60N8O4. The van der Waals surface area contributed by atoms with E-state index in [1.54, 1.807) is 24.9 Å². The molecule has 0 atom stereocenters. The molecule has 316 valence electrons. The molecule has 0 fully saturated rings. The second-order valence-electron chi connectivity index (χ2n) is 16.5. The van der Waals surface area contributed by atoms with E-state index >= 15 is 0 Å². The van der Waals surface area contributed by atoms with Gasteiger partial charge in [0.2, 0.25) is 0 Å². The molecule has 1 aliphatic rings. The minimum atomic E-state index is -0.0471. The van der Waals surface area contributed by atoms with Crippen LogP contribution in [-0.2, 0) is 46.6 Å². The van der Waals surface area contributed by atoms with Gasteiger partial charge in [0.05, 0.1) is 26.2 Å². The van der Waals surface area contributed by atoms with Gasteiger partial charge in [0, 0.05) is 122 Å². The molecular weight excluding hydrogens is 753 g/mol. The van der Waals surface area contributed by atoms with Gasteiger partial charge < -0.3 is 19.6 Å². The molecule has 0 unspecified atom stereocenters. The molecule has 8 bridgehead atoms. The van der Waals surface area contributed by atoms with Gasteiger partial charge in [0.15, 0.2) is 23.0 Å². The highest BCUT2D eigenvalue weighted by atomic mass is 16.3. The lowest BCUT2D eigenvalue weighted by Gasteiger charge is -2.23. The van der Waals surface area contributed by atoms with Gasteiger partial charge in [0.1, 0.15) is 0 Å². The molecule has 5 rings (SSSR count). The monoisotopic (exact) mass is 812 g/mol. The first kappa shape index (κ1) is 45.7. The second-order valence-corrected chi connectivity index (χ2v) is 16.5. The van der Waals surface area contributed by atoms with E-state index in [2.05, 4.69) is 39.6 Å². The highest BCUT2D eigenvalue weighted by Gasteiger charge is 2.17. The van der Waals surface area contributed by atoms with E-state index in [0.717, 1.165) is 22.3 Å². The summed E-state index contributed by atoms with van der Waals surface area (Å²) in [6.07, 6.45) is 6.50. The Labute approximate surface area is 356 Å². The van der Waals surface area contributed by atoms with Crippen molar-refractivity contribution in [3.8, 4) is 23.0 Å². The average molecular weight is 813 g/mol. The van der Waals surface area contributed by atoms with Crippen LogP contribution in [0.1, 0.15) is 66.8 Å². The largest absolute Gasteiger partial charge is 0.301 e. The summed E-state index contributed by atoms with van der Waals surface area (Å²) in [5, 5.41) is 53.8. The van der Waals surface area contributed by atoms with Gasteiger partial charge in [-0.25, -0.2) is 0 Å². The zero-order valence-electron chi connectivity index (χ0n) is 36.6. The highest BCUT2D eigenvalue weighted by molar-refractivity contribution is 5.86. The number of rotatable bonds is 0. The number of fused-ring (bicyclic) bond motifs is 8. The molecule has 12 nitrogen and oxygen atoms in total. The fourth-order valence-electron chi connectivity index (χ4n) is 7.41. The summed E-state index contributed by atoms with van der Waals surface area (Å²) in [5.74, 6) is -0.188. The number of benzene rings is 4. The molecule has 0 aliphatic carbocycles. The first-order valence-electron chi connectivity index (χ1n) is 20.6. The Morgan fingerprint density at radius 1 is 0.350 bits per heavy atom. The number of nitrogens with zero attached hydrogens (tertiary/aromatic N) is 8. The van der Waals surface area contributed by atoms with Crippen molar-refractivity contribution in [2.75, 3.05) is 80.5 Å². The SMILES string of the molecule is Cc1cc2c([O])c(c1)CN(C)CCN(C)Cc1cc(C)cc(c1[O])C=NCCN=Cc1cc(C)cc(c1[O])CN(C)CCN(C)Cc1cc(C)cc(c1[O])C=NCCN=C2. The van der Waals surface area contributed by atoms with E-state index < -0.39 is 0 Å². The summed E-state index contributed by atoms with van der Waals surface area (Å²) in [4.78, 5) is 26.5. The molecule has 0 spiro atoms. The first-order valence-corrected chi connectivity index (χ1v) is 20.6. The third kappa shape index (κ3) is 13.3. The van der Waals surface area contributed by atoms with Crippen molar-refractivity contribution in [1.82, 2.24) is 19.6 Å². The Kier molecular flexibility index (Phi) is 16.5. The van der Waals surface area contributed by atoms with Crippen LogP contribution < -0.4 is 0 Å². The second kappa shape index (κ2) is 21.7. The lowest BCUT2D eigenvalue weighted by Crippen LogP contribution is -2.30. The van der Waals surface area contributed by atoms with E-state index in [-0.39, 0.29) is 23.0 Å². The quantitative estimate of drug-likeness (QED) is 0.177. The van der Waals surface area contributed by atoms with Crippen LogP contribution >= 0.6 is 0 Å².